The van der Waals surface area contributed by atoms with Crippen molar-refractivity contribution in [2.75, 3.05) is 6.26 Å². The molecule has 1 aromatic carbocycles. The first-order valence-electron chi connectivity index (χ1n) is 6.04. The maximum Gasteiger partial charge on any atom is 0.261 e. The van der Waals surface area contributed by atoms with Crippen LogP contribution in [0.2, 0.25) is 0 Å². The van der Waals surface area contributed by atoms with Gasteiger partial charge >= 0.3 is 0 Å². The molecule has 110 valence electrons. The van der Waals surface area contributed by atoms with Crippen LogP contribution < -0.4 is 0 Å². The van der Waals surface area contributed by atoms with Gasteiger partial charge in [-0.25, -0.2) is 0 Å². The zero-order valence-corrected chi connectivity index (χ0v) is 12.3. The van der Waals surface area contributed by atoms with Gasteiger partial charge in [0.15, 0.2) is 0 Å². The van der Waals surface area contributed by atoms with Crippen LogP contribution in [0.4, 0.5) is 0 Å². The highest BCUT2D eigenvalue weighted by atomic mass is 32.2. The van der Waals surface area contributed by atoms with E-state index in [-0.39, 0.29) is 0 Å². The number of fused-ring (bicyclic) bond motifs is 1. The molecule has 0 spiro atoms. The fraction of sp³-hybridized carbons (Fsp3) is 0.0667. The molecule has 0 atom stereocenters. The molecule has 0 amide bonds. The third-order valence-corrected chi connectivity index (χ3v) is 2.08. The van der Waals surface area contributed by atoms with Crippen LogP contribution in [0.5, 0.6) is 0 Å². The van der Waals surface area contributed by atoms with Crippen LogP contribution >= 0.6 is 0 Å². The van der Waals surface area contributed by atoms with Gasteiger partial charge in [0.2, 0.25) is 0 Å². The minimum atomic E-state index is -3.67. The van der Waals surface area contributed by atoms with Crippen molar-refractivity contribution in [3.63, 3.8) is 0 Å². The summed E-state index contributed by atoms with van der Waals surface area (Å²) in [6, 6.07) is 17.8. The summed E-state index contributed by atoms with van der Waals surface area (Å²) in [5, 5.41) is 1.20. The number of benzene rings is 1. The van der Waals surface area contributed by atoms with Crippen molar-refractivity contribution in [2.24, 2.45) is 0 Å². The Labute approximate surface area is 124 Å². The van der Waals surface area contributed by atoms with Crippen LogP contribution in [-0.2, 0) is 10.1 Å². The summed E-state index contributed by atoms with van der Waals surface area (Å²) in [6.45, 7) is 0. The van der Waals surface area contributed by atoms with E-state index in [4.69, 9.17) is 4.55 Å². The molecule has 0 aliphatic rings. The second-order valence-corrected chi connectivity index (χ2v) is 5.42. The molecule has 5 nitrogen and oxygen atoms in total. The van der Waals surface area contributed by atoms with E-state index in [1.807, 2.05) is 48.7 Å². The summed E-state index contributed by atoms with van der Waals surface area (Å²) in [5.41, 5.74) is 1.06. The quantitative estimate of drug-likeness (QED) is 0.646. The second-order valence-electron chi connectivity index (χ2n) is 3.95. The Morgan fingerprint density at radius 1 is 0.857 bits per heavy atom. The van der Waals surface area contributed by atoms with Gasteiger partial charge < -0.3 is 0 Å². The molecule has 2 aromatic heterocycles. The number of nitrogens with zero attached hydrogens (tertiary/aromatic N) is 2. The first kappa shape index (κ1) is 16.7. The summed E-state index contributed by atoms with van der Waals surface area (Å²) in [6.07, 6.45) is 6.02. The molecule has 0 bridgehead atoms. The normalized spacial score (nSPS) is 9.81. The van der Waals surface area contributed by atoms with Crippen molar-refractivity contribution in [2.45, 2.75) is 0 Å². The number of rotatable bonds is 0. The third-order valence-electron chi connectivity index (χ3n) is 2.08. The minimum absolute atomic E-state index is 0.715. The van der Waals surface area contributed by atoms with E-state index >= 15 is 0 Å². The van der Waals surface area contributed by atoms with Gasteiger partial charge in [0, 0.05) is 24.0 Å². The number of hydrogen-bond acceptors (Lipinski definition) is 4. The zero-order valence-electron chi connectivity index (χ0n) is 11.5. The van der Waals surface area contributed by atoms with Crippen molar-refractivity contribution < 1.29 is 13.0 Å². The average molecular weight is 304 g/mol. The Hall–Kier alpha value is -2.31. The fourth-order valence-corrected chi connectivity index (χ4v) is 1.33. The van der Waals surface area contributed by atoms with Crippen LogP contribution in [0.25, 0.3) is 10.9 Å². The molecule has 1 N–H and O–H groups in total. The highest BCUT2D eigenvalue weighted by Gasteiger charge is 1.86. The molecule has 0 aliphatic carbocycles. The maximum absolute atomic E-state index is 9.19. The molecular formula is C15H16N2O3S. The summed E-state index contributed by atoms with van der Waals surface area (Å²) in [7, 11) is -3.67. The van der Waals surface area contributed by atoms with Gasteiger partial charge in [-0.3, -0.25) is 14.5 Å². The molecule has 6 heteroatoms. The summed E-state index contributed by atoms with van der Waals surface area (Å²) >= 11 is 0. The Balaban J connectivity index is 0.000000173. The van der Waals surface area contributed by atoms with Crippen molar-refractivity contribution in [1.82, 2.24) is 9.97 Å². The minimum Gasteiger partial charge on any atom is -0.286 e. The third kappa shape index (κ3) is 9.26. The van der Waals surface area contributed by atoms with Crippen LogP contribution in [0.1, 0.15) is 0 Å². The predicted octanol–water partition coefficient (Wildman–Crippen LogP) is 2.82. The Bertz CT molecular complexity index is 647. The Kier molecular flexibility index (Phi) is 7.00. The molecule has 0 fully saturated rings. The van der Waals surface area contributed by atoms with Crippen molar-refractivity contribution >= 4 is 21.0 Å². The molecule has 0 saturated heterocycles. The molecule has 3 aromatic rings. The first-order chi connectivity index (χ1) is 9.97. The Morgan fingerprint density at radius 3 is 1.90 bits per heavy atom. The highest BCUT2D eigenvalue weighted by molar-refractivity contribution is 7.85. The summed E-state index contributed by atoms with van der Waals surface area (Å²) in [4.78, 5) is 7.97. The lowest BCUT2D eigenvalue weighted by molar-refractivity contribution is 0.490. The number of aromatic nitrogens is 2. The van der Waals surface area contributed by atoms with E-state index in [2.05, 4.69) is 22.1 Å². The fourth-order valence-electron chi connectivity index (χ4n) is 1.33. The number of pyridine rings is 2. The van der Waals surface area contributed by atoms with E-state index in [0.29, 0.717) is 6.26 Å². The molecular weight excluding hydrogens is 288 g/mol. The van der Waals surface area contributed by atoms with Gasteiger partial charge in [-0.2, -0.15) is 8.42 Å². The smallest absolute Gasteiger partial charge is 0.261 e. The summed E-state index contributed by atoms with van der Waals surface area (Å²) < 4.78 is 25.9. The lowest BCUT2D eigenvalue weighted by atomic mass is 10.2. The SMILES string of the molecule is CS(=O)(=O)O.c1ccc2ncccc2c1.c1ccncc1. The lowest BCUT2D eigenvalue weighted by Gasteiger charge is -1.91. The standard InChI is InChI=1S/C9H7N.C5H5N.CH4O3S/c1-2-6-9-8(4-1)5-3-7-10-9;1-2-4-6-5-3-1;1-5(2,3)4/h1-7H;1-5H;1H3,(H,2,3,4). The van der Waals surface area contributed by atoms with E-state index in [9.17, 15) is 8.42 Å². The molecule has 21 heavy (non-hydrogen) atoms. The van der Waals surface area contributed by atoms with E-state index in [0.717, 1.165) is 5.52 Å². The molecule has 0 radical (unpaired) electrons. The predicted molar refractivity (Wildman–Crippen MR) is 83.5 cm³/mol. The lowest BCUT2D eigenvalue weighted by Crippen LogP contribution is -1.88. The van der Waals surface area contributed by atoms with Gasteiger partial charge in [0.1, 0.15) is 0 Å². The van der Waals surface area contributed by atoms with E-state index < -0.39 is 10.1 Å². The van der Waals surface area contributed by atoms with Crippen LogP contribution in [0.3, 0.4) is 0 Å². The number of hydrogen-bond donors (Lipinski definition) is 1. The van der Waals surface area contributed by atoms with Crippen molar-refractivity contribution in [3.05, 3.63) is 73.2 Å². The highest BCUT2D eigenvalue weighted by Crippen LogP contribution is 2.07. The van der Waals surface area contributed by atoms with Gasteiger partial charge in [-0.05, 0) is 24.3 Å². The largest absolute Gasteiger partial charge is 0.286 e. The second kappa shape index (κ2) is 8.78. The molecule has 0 aliphatic heterocycles. The first-order valence-corrected chi connectivity index (χ1v) is 7.89. The number of para-hydroxylation sites is 1. The molecule has 2 heterocycles. The average Bonchev–Trinajstić information content (AvgIpc) is 2.48. The van der Waals surface area contributed by atoms with Crippen LogP contribution in [-0.4, -0.2) is 29.2 Å². The van der Waals surface area contributed by atoms with Gasteiger partial charge in [-0.15, -0.1) is 0 Å². The van der Waals surface area contributed by atoms with Crippen LogP contribution in [0, 0.1) is 0 Å². The van der Waals surface area contributed by atoms with E-state index in [1.165, 1.54) is 5.39 Å². The van der Waals surface area contributed by atoms with Crippen molar-refractivity contribution in [3.8, 4) is 0 Å². The van der Waals surface area contributed by atoms with Gasteiger partial charge in [-0.1, -0.05) is 30.3 Å². The molecule has 0 saturated carbocycles. The van der Waals surface area contributed by atoms with Gasteiger partial charge in [0.05, 0.1) is 11.8 Å². The van der Waals surface area contributed by atoms with Crippen molar-refractivity contribution in [1.29, 1.82) is 0 Å². The maximum atomic E-state index is 9.19. The Morgan fingerprint density at radius 2 is 1.43 bits per heavy atom. The van der Waals surface area contributed by atoms with Gasteiger partial charge in [0.25, 0.3) is 10.1 Å². The van der Waals surface area contributed by atoms with E-state index in [1.54, 1.807) is 12.4 Å². The zero-order chi connectivity index (χ0) is 15.6. The summed E-state index contributed by atoms with van der Waals surface area (Å²) in [5.74, 6) is 0. The molecule has 0 unspecified atom stereocenters. The van der Waals surface area contributed by atoms with Crippen LogP contribution in [0.15, 0.2) is 73.2 Å². The monoisotopic (exact) mass is 304 g/mol. The topological polar surface area (TPSA) is 80.2 Å². The molecule has 3 rings (SSSR count).